The first-order valence-electron chi connectivity index (χ1n) is 6.39. The van der Waals surface area contributed by atoms with E-state index in [-0.39, 0.29) is 0 Å². The predicted octanol–water partition coefficient (Wildman–Crippen LogP) is 2.31. The third-order valence-electron chi connectivity index (χ3n) is 3.26. The molecule has 0 saturated heterocycles. The topological polar surface area (TPSA) is 32.3 Å². The molecule has 0 atom stereocenters. The molecule has 0 spiro atoms. The Morgan fingerprint density at radius 2 is 1.83 bits per heavy atom. The summed E-state index contributed by atoms with van der Waals surface area (Å²) in [6, 6.07) is 0. The first kappa shape index (κ1) is 13.6. The Morgan fingerprint density at radius 3 is 2.39 bits per heavy atom. The van der Waals surface area contributed by atoms with Crippen molar-refractivity contribution < 1.29 is 0 Å². The zero-order chi connectivity index (χ0) is 13.3. The molecule has 1 aliphatic rings. The minimum absolute atomic E-state index is 0.532. The van der Waals surface area contributed by atoms with E-state index >= 15 is 0 Å². The van der Waals surface area contributed by atoms with Gasteiger partial charge in [-0.15, -0.1) is 0 Å². The van der Waals surface area contributed by atoms with E-state index in [9.17, 15) is 0 Å². The average molecular weight is 269 g/mol. The van der Waals surface area contributed by atoms with Gasteiger partial charge in [-0.05, 0) is 33.9 Å². The number of hydrogen-bond donors (Lipinski definition) is 0. The van der Waals surface area contributed by atoms with E-state index in [2.05, 4.69) is 40.9 Å². The van der Waals surface area contributed by atoms with Crippen LogP contribution in [0.5, 0.6) is 0 Å². The monoisotopic (exact) mass is 268 g/mol. The first-order chi connectivity index (χ1) is 8.49. The summed E-state index contributed by atoms with van der Waals surface area (Å²) in [5.74, 6) is 2.42. The Morgan fingerprint density at radius 1 is 1.17 bits per heavy atom. The number of rotatable bonds is 5. The van der Waals surface area contributed by atoms with Crippen LogP contribution < -0.4 is 4.90 Å². The minimum Gasteiger partial charge on any atom is -0.358 e. The van der Waals surface area contributed by atoms with Crippen LogP contribution in [0.25, 0.3) is 0 Å². The molecule has 1 saturated carbocycles. The molecule has 0 N–H and O–H groups in total. The Bertz CT molecular complexity index is 429. The van der Waals surface area contributed by atoms with Crippen molar-refractivity contribution in [1.29, 1.82) is 0 Å². The van der Waals surface area contributed by atoms with E-state index < -0.39 is 0 Å². The van der Waals surface area contributed by atoms with Crippen molar-refractivity contribution in [2.75, 3.05) is 39.1 Å². The number of anilines is 1. The summed E-state index contributed by atoms with van der Waals surface area (Å²) in [5.41, 5.74) is 0.974. The molecule has 1 aliphatic carbocycles. The van der Waals surface area contributed by atoms with Gasteiger partial charge in [0.15, 0.2) is 0 Å². The number of hydrogen-bond acceptors (Lipinski definition) is 4. The maximum Gasteiger partial charge on any atom is 0.137 e. The van der Waals surface area contributed by atoms with Gasteiger partial charge in [-0.2, -0.15) is 0 Å². The van der Waals surface area contributed by atoms with E-state index in [0.717, 1.165) is 30.3 Å². The lowest BCUT2D eigenvalue weighted by molar-refractivity contribution is 0.416. The standard InChI is InChI=1S/C13H21ClN4/c1-9-11(14)15-12(10-5-6-10)16-13(9)18(4)8-7-17(2)3/h10H,5-8H2,1-4H3. The highest BCUT2D eigenvalue weighted by molar-refractivity contribution is 6.30. The van der Waals surface area contributed by atoms with Crippen LogP contribution in [0.15, 0.2) is 0 Å². The zero-order valence-electron chi connectivity index (χ0n) is 11.6. The van der Waals surface area contributed by atoms with Gasteiger partial charge in [-0.1, -0.05) is 11.6 Å². The zero-order valence-corrected chi connectivity index (χ0v) is 12.3. The van der Waals surface area contributed by atoms with Gasteiger partial charge in [-0.3, -0.25) is 0 Å². The lowest BCUT2D eigenvalue weighted by atomic mass is 10.3. The largest absolute Gasteiger partial charge is 0.358 e. The van der Waals surface area contributed by atoms with Gasteiger partial charge in [0.25, 0.3) is 0 Å². The Labute approximate surface area is 114 Å². The minimum atomic E-state index is 0.532. The molecule has 0 bridgehead atoms. The molecule has 18 heavy (non-hydrogen) atoms. The van der Waals surface area contributed by atoms with E-state index in [0.29, 0.717) is 11.1 Å². The van der Waals surface area contributed by atoms with Crippen LogP contribution in [0.3, 0.4) is 0 Å². The van der Waals surface area contributed by atoms with Gasteiger partial charge in [0, 0.05) is 31.6 Å². The van der Waals surface area contributed by atoms with Gasteiger partial charge < -0.3 is 9.80 Å². The molecule has 2 rings (SSSR count). The van der Waals surface area contributed by atoms with Crippen LogP contribution in [-0.2, 0) is 0 Å². The Kier molecular flexibility index (Phi) is 4.07. The molecule has 100 valence electrons. The van der Waals surface area contributed by atoms with Crippen LogP contribution in [0.2, 0.25) is 5.15 Å². The van der Waals surface area contributed by atoms with E-state index in [1.165, 1.54) is 12.8 Å². The predicted molar refractivity (Wildman–Crippen MR) is 75.6 cm³/mol. The molecular weight excluding hydrogens is 248 g/mol. The average Bonchev–Trinajstić information content (AvgIpc) is 3.13. The molecule has 0 amide bonds. The van der Waals surface area contributed by atoms with E-state index in [1.807, 2.05) is 6.92 Å². The molecule has 0 unspecified atom stereocenters. The molecule has 1 aromatic rings. The molecule has 0 radical (unpaired) electrons. The van der Waals surface area contributed by atoms with Crippen molar-refractivity contribution in [3.05, 3.63) is 16.5 Å². The molecule has 1 fully saturated rings. The molecular formula is C13H21ClN4. The van der Waals surface area contributed by atoms with Crippen LogP contribution in [-0.4, -0.2) is 49.1 Å². The lowest BCUT2D eigenvalue weighted by Gasteiger charge is -2.23. The fourth-order valence-corrected chi connectivity index (χ4v) is 2.02. The van der Waals surface area contributed by atoms with Gasteiger partial charge in [0.05, 0.1) is 0 Å². The van der Waals surface area contributed by atoms with Crippen LogP contribution in [0, 0.1) is 6.92 Å². The summed E-state index contributed by atoms with van der Waals surface area (Å²) < 4.78 is 0. The maximum atomic E-state index is 6.21. The van der Waals surface area contributed by atoms with Gasteiger partial charge in [0.2, 0.25) is 0 Å². The second-order valence-electron chi connectivity index (χ2n) is 5.32. The first-order valence-corrected chi connectivity index (χ1v) is 6.76. The highest BCUT2D eigenvalue weighted by Crippen LogP contribution is 2.39. The summed E-state index contributed by atoms with van der Waals surface area (Å²) in [5, 5.41) is 0.596. The van der Waals surface area contributed by atoms with Crippen molar-refractivity contribution in [3.63, 3.8) is 0 Å². The maximum absolute atomic E-state index is 6.21. The summed E-state index contributed by atoms with van der Waals surface area (Å²) in [6.45, 7) is 3.92. The molecule has 0 aromatic carbocycles. The van der Waals surface area contributed by atoms with E-state index in [1.54, 1.807) is 0 Å². The van der Waals surface area contributed by atoms with Crippen molar-refractivity contribution in [1.82, 2.24) is 14.9 Å². The fourth-order valence-electron chi connectivity index (χ4n) is 1.85. The quantitative estimate of drug-likeness (QED) is 0.767. The van der Waals surface area contributed by atoms with Crippen LogP contribution >= 0.6 is 11.6 Å². The second kappa shape index (κ2) is 5.41. The summed E-state index contributed by atoms with van der Waals surface area (Å²) in [4.78, 5) is 13.4. The highest BCUT2D eigenvalue weighted by Gasteiger charge is 2.28. The second-order valence-corrected chi connectivity index (χ2v) is 5.68. The molecule has 0 aliphatic heterocycles. The summed E-state index contributed by atoms with van der Waals surface area (Å²) in [7, 11) is 6.21. The highest BCUT2D eigenvalue weighted by atomic mass is 35.5. The van der Waals surface area contributed by atoms with Crippen molar-refractivity contribution >= 4 is 17.4 Å². The van der Waals surface area contributed by atoms with Gasteiger partial charge >= 0.3 is 0 Å². The Balaban J connectivity index is 2.19. The SMILES string of the molecule is Cc1c(Cl)nc(C2CC2)nc1N(C)CCN(C)C. The lowest BCUT2D eigenvalue weighted by Crippen LogP contribution is -2.29. The smallest absolute Gasteiger partial charge is 0.137 e. The van der Waals surface area contributed by atoms with Gasteiger partial charge in [0.1, 0.15) is 16.8 Å². The third-order valence-corrected chi connectivity index (χ3v) is 3.63. The van der Waals surface area contributed by atoms with Crippen molar-refractivity contribution in [3.8, 4) is 0 Å². The fraction of sp³-hybridized carbons (Fsp3) is 0.692. The number of aromatic nitrogens is 2. The Hall–Kier alpha value is -0.870. The number of nitrogens with zero attached hydrogens (tertiary/aromatic N) is 4. The molecule has 4 nitrogen and oxygen atoms in total. The normalized spacial score (nSPS) is 15.2. The van der Waals surface area contributed by atoms with Crippen molar-refractivity contribution in [2.45, 2.75) is 25.7 Å². The van der Waals surface area contributed by atoms with Crippen molar-refractivity contribution in [2.24, 2.45) is 0 Å². The number of likely N-dealkylation sites (N-methyl/N-ethyl adjacent to an activating group) is 2. The number of halogens is 1. The van der Waals surface area contributed by atoms with Crippen LogP contribution in [0.1, 0.15) is 30.1 Å². The summed E-state index contributed by atoms with van der Waals surface area (Å²) >= 11 is 6.21. The van der Waals surface area contributed by atoms with Crippen LogP contribution in [0.4, 0.5) is 5.82 Å². The molecule has 1 heterocycles. The summed E-state index contributed by atoms with van der Waals surface area (Å²) in [6.07, 6.45) is 2.39. The molecule has 1 aromatic heterocycles. The van der Waals surface area contributed by atoms with Gasteiger partial charge in [-0.25, -0.2) is 9.97 Å². The van der Waals surface area contributed by atoms with E-state index in [4.69, 9.17) is 11.6 Å². The third kappa shape index (κ3) is 3.12. The molecule has 5 heteroatoms.